The first kappa shape index (κ1) is 9.21. The second-order valence-electron chi connectivity index (χ2n) is 2.37. The molecule has 0 unspecified atom stereocenters. The number of carbonyl (C=O) groups excluding carboxylic acids is 1. The maximum atomic E-state index is 10.6. The third-order valence-corrected chi connectivity index (χ3v) is 1.90. The van der Waals surface area contributed by atoms with E-state index in [4.69, 9.17) is 4.43 Å². The number of hydrogen-bond donors (Lipinski definition) is 0. The van der Waals surface area contributed by atoms with E-state index >= 15 is 0 Å². The van der Waals surface area contributed by atoms with Crippen molar-refractivity contribution in [2.24, 2.45) is 0 Å². The molecule has 10 heavy (non-hydrogen) atoms. The average molecular weight is 156 g/mol. The minimum Gasteiger partial charge on any atom is -0.521 e. The quantitative estimate of drug-likeness (QED) is 0.343. The highest BCUT2D eigenvalue weighted by atomic mass is 28.2. The predicted octanol–water partition coefficient (Wildman–Crippen LogP) is 0.783. The fraction of sp³-hybridized carbons (Fsp3) is 0.429. The summed E-state index contributed by atoms with van der Waals surface area (Å²) in [5, 5.41) is 0. The van der Waals surface area contributed by atoms with Gasteiger partial charge in [-0.05, 0) is 5.54 Å². The zero-order valence-corrected chi connectivity index (χ0v) is 7.80. The molecule has 0 aliphatic rings. The van der Waals surface area contributed by atoms with Crippen molar-refractivity contribution >= 4 is 15.7 Å². The van der Waals surface area contributed by atoms with Crippen LogP contribution in [-0.2, 0) is 9.22 Å². The molecule has 0 aromatic rings. The lowest BCUT2D eigenvalue weighted by Crippen LogP contribution is -2.07. The van der Waals surface area contributed by atoms with E-state index in [1.807, 2.05) is 13.8 Å². The van der Waals surface area contributed by atoms with Gasteiger partial charge >= 0.3 is 5.97 Å². The van der Waals surface area contributed by atoms with Crippen molar-refractivity contribution in [3.63, 3.8) is 0 Å². The zero-order chi connectivity index (χ0) is 7.98. The molecule has 0 radical (unpaired) electrons. The van der Waals surface area contributed by atoms with Gasteiger partial charge in [0, 0.05) is 0 Å². The fourth-order valence-corrected chi connectivity index (χ4v) is 0.955. The van der Waals surface area contributed by atoms with Crippen LogP contribution in [0.15, 0.2) is 18.4 Å². The van der Waals surface area contributed by atoms with E-state index in [1.54, 1.807) is 0 Å². The van der Waals surface area contributed by atoms with Gasteiger partial charge in [-0.25, -0.2) is 4.79 Å². The van der Waals surface area contributed by atoms with Crippen molar-refractivity contribution in [3.05, 3.63) is 18.4 Å². The highest BCUT2D eigenvalue weighted by molar-refractivity contribution is 6.32. The highest BCUT2D eigenvalue weighted by Gasteiger charge is 1.98. The Balaban J connectivity index is 3.50. The first-order valence-electron chi connectivity index (χ1n) is 3.19. The lowest BCUT2D eigenvalue weighted by Gasteiger charge is -2.02. The van der Waals surface area contributed by atoms with Gasteiger partial charge in [0.15, 0.2) is 0 Å². The van der Waals surface area contributed by atoms with Gasteiger partial charge in [0.05, 0.1) is 6.08 Å². The molecule has 0 aliphatic heterocycles. The molecule has 0 fully saturated rings. The summed E-state index contributed by atoms with van der Waals surface area (Å²) in [6, 6.07) is 0. The van der Waals surface area contributed by atoms with Crippen molar-refractivity contribution in [3.8, 4) is 0 Å². The zero-order valence-electron chi connectivity index (χ0n) is 6.39. The molecule has 0 atom stereocenters. The van der Waals surface area contributed by atoms with Crippen LogP contribution in [0.25, 0.3) is 0 Å². The van der Waals surface area contributed by atoms with Crippen LogP contribution in [0.2, 0.25) is 5.54 Å². The van der Waals surface area contributed by atoms with Crippen LogP contribution in [0.1, 0.15) is 13.8 Å². The lowest BCUT2D eigenvalue weighted by atomic mass is 10.6. The summed E-state index contributed by atoms with van der Waals surface area (Å²) in [4.78, 5) is 10.6. The van der Waals surface area contributed by atoms with E-state index in [0.717, 1.165) is 0 Å². The van der Waals surface area contributed by atoms with Gasteiger partial charge in [-0.15, -0.1) is 5.73 Å². The van der Waals surface area contributed by atoms with Crippen LogP contribution >= 0.6 is 0 Å². The topological polar surface area (TPSA) is 26.3 Å². The average Bonchev–Trinajstić information content (AvgIpc) is 1.85. The molecule has 0 bridgehead atoms. The Hall–Kier alpha value is -0.793. The third-order valence-electron chi connectivity index (χ3n) is 0.779. The summed E-state index contributed by atoms with van der Waals surface area (Å²) in [5.74, 6) is -0.310. The minimum atomic E-state index is -0.670. The number of hydrogen-bond acceptors (Lipinski definition) is 2. The van der Waals surface area contributed by atoms with Crippen molar-refractivity contribution in [1.82, 2.24) is 0 Å². The summed E-state index contributed by atoms with van der Waals surface area (Å²) in [7, 11) is -0.670. The van der Waals surface area contributed by atoms with Crippen LogP contribution in [0.3, 0.4) is 0 Å². The molecule has 0 heterocycles. The summed E-state index contributed by atoms with van der Waals surface area (Å²) in [6.45, 7) is 7.34. The van der Waals surface area contributed by atoms with Crippen molar-refractivity contribution in [1.29, 1.82) is 0 Å². The maximum absolute atomic E-state index is 10.6. The van der Waals surface area contributed by atoms with E-state index in [-0.39, 0.29) is 5.97 Å². The van der Waals surface area contributed by atoms with Crippen molar-refractivity contribution < 1.29 is 9.22 Å². The third kappa shape index (κ3) is 5.35. The fourth-order valence-electron chi connectivity index (χ4n) is 0.374. The normalized spacial score (nSPS) is 9.90. The molecule has 3 heteroatoms. The SMILES string of the molecule is C=C=CC(=O)O[SiH2]C(C)C. The van der Waals surface area contributed by atoms with Gasteiger partial charge in [0.25, 0.3) is 0 Å². The molecule has 0 aliphatic carbocycles. The van der Waals surface area contributed by atoms with E-state index < -0.39 is 9.76 Å². The van der Waals surface area contributed by atoms with E-state index in [2.05, 4.69) is 12.3 Å². The second kappa shape index (κ2) is 5.03. The van der Waals surface area contributed by atoms with Crippen LogP contribution in [0.4, 0.5) is 0 Å². The van der Waals surface area contributed by atoms with Crippen LogP contribution in [-0.4, -0.2) is 15.7 Å². The molecular weight excluding hydrogens is 144 g/mol. The number of rotatable bonds is 3. The maximum Gasteiger partial charge on any atom is 0.324 e. The molecule has 0 aromatic carbocycles. The van der Waals surface area contributed by atoms with Gasteiger partial charge in [-0.2, -0.15) is 0 Å². The van der Waals surface area contributed by atoms with Gasteiger partial charge < -0.3 is 4.43 Å². The summed E-state index contributed by atoms with van der Waals surface area (Å²) in [5.41, 5.74) is 2.88. The van der Waals surface area contributed by atoms with Gasteiger partial charge in [0.1, 0.15) is 0 Å². The van der Waals surface area contributed by atoms with E-state index in [9.17, 15) is 4.79 Å². The Kier molecular flexibility index (Phi) is 4.63. The van der Waals surface area contributed by atoms with Crippen molar-refractivity contribution in [2.75, 3.05) is 0 Å². The smallest absolute Gasteiger partial charge is 0.324 e. The Morgan fingerprint density at radius 3 is 2.80 bits per heavy atom. The Morgan fingerprint density at radius 2 is 2.40 bits per heavy atom. The summed E-state index contributed by atoms with van der Waals surface area (Å²) in [6.07, 6.45) is 1.22. The molecule has 0 saturated heterocycles. The van der Waals surface area contributed by atoms with Gasteiger partial charge in [-0.1, -0.05) is 20.4 Å². The van der Waals surface area contributed by atoms with Crippen molar-refractivity contribution in [2.45, 2.75) is 19.4 Å². The minimum absolute atomic E-state index is 0.310. The Labute approximate surface area is 63.5 Å². The molecule has 0 aromatic heterocycles. The molecule has 0 N–H and O–H groups in total. The standard InChI is InChI=1S/C7H12O2Si/c1-4-5-7(8)9-10-6(2)3/h5-6H,1,10H2,2-3H3. The predicted molar refractivity (Wildman–Crippen MR) is 43.4 cm³/mol. The summed E-state index contributed by atoms with van der Waals surface area (Å²) >= 11 is 0. The Bertz CT molecular complexity index is 157. The van der Waals surface area contributed by atoms with Crippen LogP contribution in [0.5, 0.6) is 0 Å². The second-order valence-corrected chi connectivity index (χ2v) is 4.63. The molecular formula is C7H12O2Si. The van der Waals surface area contributed by atoms with Crippen LogP contribution < -0.4 is 0 Å². The van der Waals surface area contributed by atoms with Gasteiger partial charge in [-0.3, -0.25) is 0 Å². The molecule has 0 spiro atoms. The first-order chi connectivity index (χ1) is 4.66. The monoisotopic (exact) mass is 156 g/mol. The van der Waals surface area contributed by atoms with Crippen LogP contribution in [0, 0.1) is 0 Å². The molecule has 0 rings (SSSR count). The van der Waals surface area contributed by atoms with E-state index in [0.29, 0.717) is 5.54 Å². The van der Waals surface area contributed by atoms with E-state index in [1.165, 1.54) is 6.08 Å². The molecule has 2 nitrogen and oxygen atoms in total. The Morgan fingerprint density at radius 1 is 1.80 bits per heavy atom. The molecule has 0 saturated carbocycles. The first-order valence-corrected chi connectivity index (χ1v) is 4.58. The highest BCUT2D eigenvalue weighted by Crippen LogP contribution is 1.96. The summed E-state index contributed by atoms with van der Waals surface area (Å²) < 4.78 is 4.89. The molecule has 56 valence electrons. The number of carbonyl (C=O) groups is 1. The lowest BCUT2D eigenvalue weighted by molar-refractivity contribution is -0.129. The molecule has 0 amide bonds. The largest absolute Gasteiger partial charge is 0.521 e. The van der Waals surface area contributed by atoms with Gasteiger partial charge in [0.2, 0.25) is 9.76 Å².